The lowest BCUT2D eigenvalue weighted by atomic mass is 10.0. The van der Waals surface area contributed by atoms with Crippen molar-refractivity contribution in [2.24, 2.45) is 0 Å². The maximum atomic E-state index is 10.6. The average molecular weight is 166 g/mol. The third kappa shape index (κ3) is 3.19. The van der Waals surface area contributed by atoms with Gasteiger partial charge in [0.2, 0.25) is 0 Å². The third-order valence-corrected chi connectivity index (χ3v) is 1.63. The lowest BCUT2D eigenvalue weighted by molar-refractivity contribution is -0.132. The second kappa shape index (κ2) is 5.35. The second-order valence-corrected chi connectivity index (χ2v) is 2.52. The van der Waals surface area contributed by atoms with Gasteiger partial charge >= 0.3 is 5.97 Å². The van der Waals surface area contributed by atoms with Gasteiger partial charge in [0.1, 0.15) is 0 Å². The molecule has 0 rings (SSSR count). The minimum Gasteiger partial charge on any atom is -0.478 e. The van der Waals surface area contributed by atoms with Crippen LogP contribution in [0.5, 0.6) is 0 Å². The van der Waals surface area contributed by atoms with Crippen LogP contribution in [0.2, 0.25) is 0 Å². The SMILES string of the molecule is C=CCC(CC=C)=C(C)C(=O)O. The van der Waals surface area contributed by atoms with Gasteiger partial charge in [-0.25, -0.2) is 4.79 Å². The lowest BCUT2D eigenvalue weighted by Gasteiger charge is -2.03. The highest BCUT2D eigenvalue weighted by molar-refractivity contribution is 5.86. The van der Waals surface area contributed by atoms with E-state index in [4.69, 9.17) is 5.11 Å². The van der Waals surface area contributed by atoms with Crippen LogP contribution >= 0.6 is 0 Å². The molecule has 0 bridgehead atoms. The molecule has 12 heavy (non-hydrogen) atoms. The highest BCUT2D eigenvalue weighted by Gasteiger charge is 2.05. The van der Waals surface area contributed by atoms with E-state index in [9.17, 15) is 4.79 Å². The Morgan fingerprint density at radius 3 is 2.00 bits per heavy atom. The molecular weight excluding hydrogens is 152 g/mol. The summed E-state index contributed by atoms with van der Waals surface area (Å²) in [6.45, 7) is 8.73. The zero-order valence-electron chi connectivity index (χ0n) is 7.34. The first-order chi connectivity index (χ1) is 5.63. The number of hydrogen-bond acceptors (Lipinski definition) is 1. The molecule has 0 aromatic carbocycles. The molecule has 1 N–H and O–H groups in total. The van der Waals surface area contributed by atoms with Gasteiger partial charge in [-0.2, -0.15) is 0 Å². The highest BCUT2D eigenvalue weighted by atomic mass is 16.4. The number of carbonyl (C=O) groups is 1. The largest absolute Gasteiger partial charge is 0.478 e. The van der Waals surface area contributed by atoms with Gasteiger partial charge in [-0.3, -0.25) is 0 Å². The van der Waals surface area contributed by atoms with E-state index in [1.165, 1.54) is 0 Å². The quantitative estimate of drug-likeness (QED) is 0.503. The number of carboxylic acid groups (broad SMARTS) is 1. The predicted octanol–water partition coefficient (Wildman–Crippen LogP) is 2.54. The Labute approximate surface area is 72.9 Å². The molecule has 0 unspecified atom stereocenters. The molecule has 0 aliphatic heterocycles. The monoisotopic (exact) mass is 166 g/mol. The van der Waals surface area contributed by atoms with E-state index >= 15 is 0 Å². The van der Waals surface area contributed by atoms with Crippen molar-refractivity contribution in [1.29, 1.82) is 0 Å². The summed E-state index contributed by atoms with van der Waals surface area (Å²) in [4.78, 5) is 10.6. The average Bonchev–Trinajstić information content (AvgIpc) is 2.03. The third-order valence-electron chi connectivity index (χ3n) is 1.63. The van der Waals surface area contributed by atoms with E-state index < -0.39 is 5.97 Å². The van der Waals surface area contributed by atoms with Crippen molar-refractivity contribution >= 4 is 5.97 Å². The van der Waals surface area contributed by atoms with Gasteiger partial charge in [0.05, 0.1) is 0 Å². The summed E-state index contributed by atoms with van der Waals surface area (Å²) < 4.78 is 0. The van der Waals surface area contributed by atoms with E-state index in [1.54, 1.807) is 19.1 Å². The molecular formula is C10H14O2. The maximum Gasteiger partial charge on any atom is 0.331 e. The van der Waals surface area contributed by atoms with Crippen LogP contribution in [0.4, 0.5) is 0 Å². The Morgan fingerprint density at radius 1 is 1.33 bits per heavy atom. The van der Waals surface area contributed by atoms with Crippen LogP contribution in [-0.4, -0.2) is 11.1 Å². The van der Waals surface area contributed by atoms with Gasteiger partial charge in [-0.05, 0) is 19.8 Å². The van der Waals surface area contributed by atoms with Crippen LogP contribution in [0.3, 0.4) is 0 Å². The topological polar surface area (TPSA) is 37.3 Å². The first kappa shape index (κ1) is 10.7. The first-order valence-electron chi connectivity index (χ1n) is 3.77. The number of rotatable bonds is 5. The first-order valence-corrected chi connectivity index (χ1v) is 3.77. The van der Waals surface area contributed by atoms with Crippen molar-refractivity contribution in [3.8, 4) is 0 Å². The molecule has 0 saturated carbocycles. The van der Waals surface area contributed by atoms with Crippen LogP contribution in [0, 0.1) is 0 Å². The summed E-state index contributed by atoms with van der Waals surface area (Å²) in [7, 11) is 0. The van der Waals surface area contributed by atoms with E-state index in [-0.39, 0.29) is 0 Å². The summed E-state index contributed by atoms with van der Waals surface area (Å²) in [6.07, 6.45) is 4.63. The molecule has 0 aromatic rings. The molecule has 0 amide bonds. The molecule has 66 valence electrons. The Morgan fingerprint density at radius 2 is 1.75 bits per heavy atom. The molecule has 2 nitrogen and oxygen atoms in total. The van der Waals surface area contributed by atoms with Crippen molar-refractivity contribution in [3.05, 3.63) is 36.5 Å². The fraction of sp³-hybridized carbons (Fsp3) is 0.300. The minimum atomic E-state index is -0.867. The number of aliphatic carboxylic acids is 1. The van der Waals surface area contributed by atoms with Crippen LogP contribution in [0.15, 0.2) is 36.5 Å². The van der Waals surface area contributed by atoms with Crippen LogP contribution in [0.25, 0.3) is 0 Å². The number of carboxylic acids is 1. The molecule has 0 atom stereocenters. The molecule has 0 aliphatic rings. The van der Waals surface area contributed by atoms with Gasteiger partial charge in [-0.1, -0.05) is 17.7 Å². The smallest absolute Gasteiger partial charge is 0.331 e. The van der Waals surface area contributed by atoms with Crippen molar-refractivity contribution in [2.45, 2.75) is 19.8 Å². The summed E-state index contributed by atoms with van der Waals surface area (Å²) in [5.74, 6) is -0.867. The normalized spacial score (nSPS) is 8.75. The van der Waals surface area contributed by atoms with Crippen LogP contribution in [-0.2, 0) is 4.79 Å². The van der Waals surface area contributed by atoms with Crippen molar-refractivity contribution < 1.29 is 9.90 Å². The van der Waals surface area contributed by atoms with Gasteiger partial charge in [-0.15, -0.1) is 13.2 Å². The van der Waals surface area contributed by atoms with Gasteiger partial charge in [0.15, 0.2) is 0 Å². The van der Waals surface area contributed by atoms with E-state index in [2.05, 4.69) is 13.2 Å². The standard InChI is InChI=1S/C10H14O2/c1-4-6-9(7-5-2)8(3)10(11)12/h4-5H,1-2,6-7H2,3H3,(H,11,12). The zero-order valence-corrected chi connectivity index (χ0v) is 7.34. The molecule has 0 heterocycles. The zero-order chi connectivity index (χ0) is 9.56. The van der Waals surface area contributed by atoms with Gasteiger partial charge in [0, 0.05) is 5.57 Å². The van der Waals surface area contributed by atoms with E-state index in [0.29, 0.717) is 18.4 Å². The summed E-state index contributed by atoms with van der Waals surface area (Å²) in [5, 5.41) is 8.68. The molecule has 2 heteroatoms. The van der Waals surface area contributed by atoms with Crippen molar-refractivity contribution in [3.63, 3.8) is 0 Å². The van der Waals surface area contributed by atoms with Gasteiger partial charge < -0.3 is 5.11 Å². The Balaban J connectivity index is 4.64. The minimum absolute atomic E-state index is 0.398. The lowest BCUT2D eigenvalue weighted by Crippen LogP contribution is -2.00. The molecule has 0 saturated heterocycles. The number of hydrogen-bond donors (Lipinski definition) is 1. The summed E-state index contributed by atoms with van der Waals surface area (Å²) >= 11 is 0. The second-order valence-electron chi connectivity index (χ2n) is 2.52. The fourth-order valence-corrected chi connectivity index (χ4v) is 0.889. The number of allylic oxidation sites excluding steroid dienone is 3. The maximum absolute atomic E-state index is 10.6. The highest BCUT2D eigenvalue weighted by Crippen LogP contribution is 2.14. The summed E-state index contributed by atoms with van der Waals surface area (Å²) in [5.41, 5.74) is 1.27. The van der Waals surface area contributed by atoms with E-state index in [1.807, 2.05) is 0 Å². The van der Waals surface area contributed by atoms with Crippen LogP contribution in [0.1, 0.15) is 19.8 Å². The van der Waals surface area contributed by atoms with Crippen molar-refractivity contribution in [1.82, 2.24) is 0 Å². The summed E-state index contributed by atoms with van der Waals surface area (Å²) in [6, 6.07) is 0. The fourth-order valence-electron chi connectivity index (χ4n) is 0.889. The van der Waals surface area contributed by atoms with Crippen LogP contribution < -0.4 is 0 Å². The molecule has 0 aromatic heterocycles. The van der Waals surface area contributed by atoms with Gasteiger partial charge in [0.25, 0.3) is 0 Å². The Hall–Kier alpha value is -1.31. The van der Waals surface area contributed by atoms with E-state index in [0.717, 1.165) is 5.57 Å². The Kier molecular flexibility index (Phi) is 4.77. The predicted molar refractivity (Wildman–Crippen MR) is 50.0 cm³/mol. The molecule has 0 aliphatic carbocycles. The van der Waals surface area contributed by atoms with Crippen molar-refractivity contribution in [2.75, 3.05) is 0 Å². The molecule has 0 radical (unpaired) electrons. The Bertz CT molecular complexity index is 212. The molecule has 0 spiro atoms. The molecule has 0 fully saturated rings.